The van der Waals surface area contributed by atoms with Crippen molar-refractivity contribution in [3.8, 4) is 0 Å². The van der Waals surface area contributed by atoms with Crippen LogP contribution in [0, 0.1) is 0 Å². The molecular formula is C24H21Br2NO3. The van der Waals surface area contributed by atoms with Crippen molar-refractivity contribution in [2.75, 3.05) is 0 Å². The van der Waals surface area contributed by atoms with Crippen LogP contribution in [0.3, 0.4) is 0 Å². The third-order valence-corrected chi connectivity index (χ3v) is 5.46. The van der Waals surface area contributed by atoms with Gasteiger partial charge in [-0.25, -0.2) is 0 Å². The van der Waals surface area contributed by atoms with Crippen LogP contribution in [0.4, 0.5) is 0 Å². The molecule has 0 saturated carbocycles. The van der Waals surface area contributed by atoms with Gasteiger partial charge in [0.15, 0.2) is 0 Å². The molecule has 0 aliphatic heterocycles. The molecule has 0 unspecified atom stereocenters. The van der Waals surface area contributed by atoms with Crippen LogP contribution >= 0.6 is 31.9 Å². The van der Waals surface area contributed by atoms with Crippen LogP contribution < -0.4 is 5.32 Å². The van der Waals surface area contributed by atoms with Gasteiger partial charge in [-0.15, -0.1) is 0 Å². The Hall–Kier alpha value is -2.44. The molecule has 1 N–H and O–H groups in total. The van der Waals surface area contributed by atoms with Gasteiger partial charge >= 0.3 is 5.97 Å². The number of benzene rings is 3. The molecule has 6 heteroatoms. The summed E-state index contributed by atoms with van der Waals surface area (Å²) in [6, 6.07) is 22.9. The number of ether oxygens (including phenoxy) is 1. The lowest BCUT2D eigenvalue weighted by atomic mass is 10.1. The Bertz CT molecular complexity index is 954. The average molecular weight is 531 g/mol. The van der Waals surface area contributed by atoms with Crippen LogP contribution in [-0.4, -0.2) is 11.9 Å². The highest BCUT2D eigenvalue weighted by Gasteiger charge is 2.10. The quantitative estimate of drug-likeness (QED) is 0.399. The molecule has 0 aliphatic carbocycles. The average Bonchev–Trinajstić information content (AvgIpc) is 2.71. The van der Waals surface area contributed by atoms with Gasteiger partial charge in [-0.1, -0.05) is 80.4 Å². The Morgan fingerprint density at radius 3 is 2.00 bits per heavy atom. The first-order valence-electron chi connectivity index (χ1n) is 9.47. The van der Waals surface area contributed by atoms with E-state index >= 15 is 0 Å². The molecule has 0 bridgehead atoms. The van der Waals surface area contributed by atoms with Gasteiger partial charge in [0.05, 0.1) is 12.8 Å². The molecule has 0 atom stereocenters. The van der Waals surface area contributed by atoms with E-state index < -0.39 is 0 Å². The van der Waals surface area contributed by atoms with Gasteiger partial charge in [-0.2, -0.15) is 0 Å². The highest BCUT2D eigenvalue weighted by atomic mass is 79.9. The number of amides is 1. The first-order chi connectivity index (χ1) is 14.5. The Balaban J connectivity index is 1.52. The van der Waals surface area contributed by atoms with Crippen LogP contribution in [-0.2, 0) is 40.3 Å². The Labute approximate surface area is 192 Å². The highest BCUT2D eigenvalue weighted by molar-refractivity contribution is 9.10. The molecule has 30 heavy (non-hydrogen) atoms. The van der Waals surface area contributed by atoms with Crippen molar-refractivity contribution in [1.29, 1.82) is 0 Å². The summed E-state index contributed by atoms with van der Waals surface area (Å²) < 4.78 is 7.33. The zero-order valence-electron chi connectivity index (χ0n) is 16.2. The molecule has 0 aromatic heterocycles. The predicted molar refractivity (Wildman–Crippen MR) is 124 cm³/mol. The molecule has 1 amide bonds. The number of halogens is 2. The lowest BCUT2D eigenvalue weighted by molar-refractivity contribution is -0.144. The van der Waals surface area contributed by atoms with E-state index in [-0.39, 0.29) is 24.9 Å². The van der Waals surface area contributed by atoms with E-state index in [0.29, 0.717) is 13.0 Å². The number of hydrogen-bond acceptors (Lipinski definition) is 3. The van der Waals surface area contributed by atoms with Crippen molar-refractivity contribution >= 4 is 43.7 Å². The van der Waals surface area contributed by atoms with E-state index in [9.17, 15) is 9.59 Å². The zero-order valence-corrected chi connectivity index (χ0v) is 19.4. The van der Waals surface area contributed by atoms with Gasteiger partial charge < -0.3 is 10.1 Å². The number of carbonyl (C=O) groups is 2. The first kappa shape index (κ1) is 22.2. The first-order valence-corrected chi connectivity index (χ1v) is 11.1. The summed E-state index contributed by atoms with van der Waals surface area (Å²) >= 11 is 6.82. The van der Waals surface area contributed by atoms with E-state index in [1.54, 1.807) is 0 Å². The summed E-state index contributed by atoms with van der Waals surface area (Å²) in [5.74, 6) is -0.351. The minimum absolute atomic E-state index is 0.0606. The SMILES string of the molecule is O=C(Cc1cccc(Br)c1)NCc1ccccc1COC(=O)Cc1cccc(Br)c1. The van der Waals surface area contributed by atoms with Gasteiger partial charge in [0.25, 0.3) is 0 Å². The van der Waals surface area contributed by atoms with Gasteiger partial charge in [-0.05, 0) is 46.5 Å². The van der Waals surface area contributed by atoms with Crippen molar-refractivity contribution in [3.05, 3.63) is 104 Å². The molecule has 0 radical (unpaired) electrons. The second kappa shape index (κ2) is 11.1. The maximum absolute atomic E-state index is 12.3. The maximum atomic E-state index is 12.3. The Kier molecular flexibility index (Phi) is 8.22. The lowest BCUT2D eigenvalue weighted by Gasteiger charge is -2.12. The zero-order chi connectivity index (χ0) is 21.3. The molecule has 3 rings (SSSR count). The molecule has 0 heterocycles. The summed E-state index contributed by atoms with van der Waals surface area (Å²) in [7, 11) is 0. The number of hydrogen-bond donors (Lipinski definition) is 1. The summed E-state index contributed by atoms with van der Waals surface area (Å²) in [5.41, 5.74) is 3.64. The van der Waals surface area contributed by atoms with Gasteiger partial charge in [-0.3, -0.25) is 9.59 Å². The largest absolute Gasteiger partial charge is 0.461 e. The molecule has 0 aliphatic rings. The summed E-state index contributed by atoms with van der Waals surface area (Å²) in [4.78, 5) is 24.5. The number of nitrogens with one attached hydrogen (secondary N) is 1. The maximum Gasteiger partial charge on any atom is 0.310 e. The minimum atomic E-state index is -0.290. The van der Waals surface area contributed by atoms with E-state index in [1.165, 1.54) is 0 Å². The fourth-order valence-corrected chi connectivity index (χ4v) is 3.88. The molecule has 0 spiro atoms. The van der Waals surface area contributed by atoms with Crippen LogP contribution in [0.25, 0.3) is 0 Å². The Morgan fingerprint density at radius 2 is 1.37 bits per heavy atom. The van der Waals surface area contributed by atoms with Crippen molar-refractivity contribution in [2.45, 2.75) is 26.0 Å². The minimum Gasteiger partial charge on any atom is -0.461 e. The van der Waals surface area contributed by atoms with Crippen molar-refractivity contribution in [1.82, 2.24) is 5.32 Å². The fraction of sp³-hybridized carbons (Fsp3) is 0.167. The fourth-order valence-electron chi connectivity index (χ4n) is 2.98. The third-order valence-electron chi connectivity index (χ3n) is 4.47. The van der Waals surface area contributed by atoms with E-state index in [4.69, 9.17) is 4.74 Å². The second-order valence-electron chi connectivity index (χ2n) is 6.82. The molecule has 154 valence electrons. The van der Waals surface area contributed by atoms with E-state index in [1.807, 2.05) is 72.8 Å². The number of rotatable bonds is 8. The summed E-state index contributed by atoms with van der Waals surface area (Å²) in [6.07, 6.45) is 0.522. The lowest BCUT2D eigenvalue weighted by Crippen LogP contribution is -2.25. The van der Waals surface area contributed by atoms with E-state index in [0.717, 1.165) is 31.2 Å². The van der Waals surface area contributed by atoms with Gasteiger partial charge in [0.1, 0.15) is 6.61 Å². The normalized spacial score (nSPS) is 10.5. The third kappa shape index (κ3) is 7.11. The molecule has 0 fully saturated rings. The standard InChI is InChI=1S/C24H21Br2NO3/c25-21-9-3-5-17(11-21)13-23(28)27-15-19-7-1-2-8-20(19)16-30-24(29)14-18-6-4-10-22(26)12-18/h1-12H,13-16H2,(H,27,28). The van der Waals surface area contributed by atoms with Crippen LogP contribution in [0.5, 0.6) is 0 Å². The second-order valence-corrected chi connectivity index (χ2v) is 8.65. The molecule has 4 nitrogen and oxygen atoms in total. The van der Waals surface area contributed by atoms with Gasteiger partial charge in [0.2, 0.25) is 5.91 Å². The van der Waals surface area contributed by atoms with Crippen molar-refractivity contribution in [2.24, 2.45) is 0 Å². The predicted octanol–water partition coefficient (Wildman–Crippen LogP) is 5.36. The van der Waals surface area contributed by atoms with Crippen LogP contribution in [0.15, 0.2) is 81.7 Å². The summed E-state index contributed by atoms with van der Waals surface area (Å²) in [5, 5.41) is 2.94. The molecule has 3 aromatic rings. The monoisotopic (exact) mass is 529 g/mol. The molecule has 3 aromatic carbocycles. The van der Waals surface area contributed by atoms with Gasteiger partial charge in [0, 0.05) is 15.5 Å². The van der Waals surface area contributed by atoms with Crippen LogP contribution in [0.1, 0.15) is 22.3 Å². The highest BCUT2D eigenvalue weighted by Crippen LogP contribution is 2.15. The topological polar surface area (TPSA) is 55.4 Å². The summed E-state index contributed by atoms with van der Waals surface area (Å²) in [6.45, 7) is 0.552. The molecular weight excluding hydrogens is 510 g/mol. The van der Waals surface area contributed by atoms with E-state index in [2.05, 4.69) is 37.2 Å². The molecule has 0 saturated heterocycles. The van der Waals surface area contributed by atoms with Crippen LogP contribution in [0.2, 0.25) is 0 Å². The number of esters is 1. The van der Waals surface area contributed by atoms with Crippen molar-refractivity contribution < 1.29 is 14.3 Å². The smallest absolute Gasteiger partial charge is 0.310 e. The van der Waals surface area contributed by atoms with Crippen molar-refractivity contribution in [3.63, 3.8) is 0 Å². The number of carbonyl (C=O) groups excluding carboxylic acids is 2. The Morgan fingerprint density at radius 1 is 0.767 bits per heavy atom.